The Kier molecular flexibility index (Phi) is 7.39. The smallest absolute Gasteiger partial charge is 0.246 e. The minimum absolute atomic E-state index is 0.0184. The van der Waals surface area contributed by atoms with Gasteiger partial charge in [0, 0.05) is 30.9 Å². The lowest BCUT2D eigenvalue weighted by molar-refractivity contribution is -0.124. The number of likely N-dealkylation sites (N-methyl/N-ethyl adjacent to an activating group) is 1. The Morgan fingerprint density at radius 2 is 1.97 bits per heavy atom. The minimum Gasteiger partial charge on any atom is -0.479 e. The first-order valence-corrected chi connectivity index (χ1v) is 9.78. The van der Waals surface area contributed by atoms with E-state index in [1.54, 1.807) is 36.2 Å². The summed E-state index contributed by atoms with van der Waals surface area (Å²) < 4.78 is 5.21. The standard InChI is InChI=1S/C24H24N4O2/c1-28(24(29)14-11-19-9-12-22(13-10-19)30-17-15-25)16-5-8-21-18-23(27-26-21)20-6-3-2-4-7-20/h2-4,6-7,9-14,18H,5,8,16-17H2,1H3,(H,26,27)/b14-11+. The number of carbonyl (C=O) groups excluding carboxylic acids is 1. The number of ether oxygens (including phenoxy) is 1. The Morgan fingerprint density at radius 3 is 2.70 bits per heavy atom. The highest BCUT2D eigenvalue weighted by Crippen LogP contribution is 2.17. The molecule has 30 heavy (non-hydrogen) atoms. The molecule has 0 saturated heterocycles. The number of hydrogen-bond donors (Lipinski definition) is 1. The molecule has 1 N–H and O–H groups in total. The third kappa shape index (κ3) is 6.08. The minimum atomic E-state index is -0.0469. The van der Waals surface area contributed by atoms with Crippen molar-refractivity contribution in [3.05, 3.63) is 78.0 Å². The number of rotatable bonds is 9. The molecule has 0 unspecified atom stereocenters. The number of benzene rings is 2. The maximum Gasteiger partial charge on any atom is 0.246 e. The van der Waals surface area contributed by atoms with Gasteiger partial charge in [0.1, 0.15) is 11.8 Å². The van der Waals surface area contributed by atoms with Gasteiger partial charge in [0.2, 0.25) is 5.91 Å². The second-order valence-corrected chi connectivity index (χ2v) is 6.86. The topological polar surface area (TPSA) is 82.0 Å². The van der Waals surface area contributed by atoms with E-state index in [0.29, 0.717) is 12.3 Å². The molecule has 0 aliphatic carbocycles. The third-order valence-corrected chi connectivity index (χ3v) is 4.62. The zero-order valence-electron chi connectivity index (χ0n) is 16.9. The molecule has 1 heterocycles. The van der Waals surface area contributed by atoms with Gasteiger partial charge >= 0.3 is 0 Å². The number of hydrogen-bond acceptors (Lipinski definition) is 4. The number of H-pyrrole nitrogens is 1. The first kappa shape index (κ1) is 20.9. The van der Waals surface area contributed by atoms with Crippen molar-refractivity contribution in [2.24, 2.45) is 0 Å². The summed E-state index contributed by atoms with van der Waals surface area (Å²) >= 11 is 0. The fourth-order valence-corrected chi connectivity index (χ4v) is 2.95. The van der Waals surface area contributed by atoms with E-state index >= 15 is 0 Å². The number of aromatic amines is 1. The van der Waals surface area contributed by atoms with Crippen molar-refractivity contribution in [3.63, 3.8) is 0 Å². The summed E-state index contributed by atoms with van der Waals surface area (Å²) in [5.74, 6) is 0.584. The van der Waals surface area contributed by atoms with Gasteiger partial charge in [-0.25, -0.2) is 0 Å². The van der Waals surface area contributed by atoms with E-state index < -0.39 is 0 Å². The Hall–Kier alpha value is -3.85. The van der Waals surface area contributed by atoms with Crippen molar-refractivity contribution in [2.75, 3.05) is 20.2 Å². The number of aryl methyl sites for hydroxylation is 1. The van der Waals surface area contributed by atoms with Crippen molar-refractivity contribution in [2.45, 2.75) is 12.8 Å². The Morgan fingerprint density at radius 1 is 1.20 bits per heavy atom. The molecule has 0 bridgehead atoms. The largest absolute Gasteiger partial charge is 0.479 e. The average Bonchev–Trinajstić information content (AvgIpc) is 3.26. The Bertz CT molecular complexity index is 1020. The van der Waals surface area contributed by atoms with Crippen molar-refractivity contribution >= 4 is 12.0 Å². The maximum atomic E-state index is 12.3. The molecule has 3 rings (SSSR count). The summed E-state index contributed by atoms with van der Waals surface area (Å²) in [6.07, 6.45) is 5.01. The van der Waals surface area contributed by atoms with Gasteiger partial charge in [0.05, 0.1) is 5.69 Å². The van der Waals surface area contributed by atoms with Crippen molar-refractivity contribution < 1.29 is 9.53 Å². The SMILES string of the molecule is CN(CCCc1cc(-c2ccccc2)n[nH]1)C(=O)/C=C/c1ccc(OCC#N)cc1. The zero-order valence-corrected chi connectivity index (χ0v) is 16.9. The molecule has 1 amide bonds. The molecule has 0 atom stereocenters. The number of amides is 1. The van der Waals surface area contributed by atoms with Crippen molar-refractivity contribution in [3.8, 4) is 23.1 Å². The molecule has 0 saturated carbocycles. The highest BCUT2D eigenvalue weighted by atomic mass is 16.5. The first-order chi connectivity index (χ1) is 14.7. The Balaban J connectivity index is 1.44. The van der Waals surface area contributed by atoms with Gasteiger partial charge in [-0.05, 0) is 42.7 Å². The second-order valence-electron chi connectivity index (χ2n) is 6.86. The summed E-state index contributed by atoms with van der Waals surface area (Å²) in [6.45, 7) is 0.675. The van der Waals surface area contributed by atoms with Crippen LogP contribution in [0.3, 0.4) is 0 Å². The normalized spacial score (nSPS) is 10.7. The number of carbonyl (C=O) groups is 1. The fourth-order valence-electron chi connectivity index (χ4n) is 2.95. The van der Waals surface area contributed by atoms with Gasteiger partial charge < -0.3 is 9.64 Å². The highest BCUT2D eigenvalue weighted by Gasteiger charge is 2.07. The van der Waals surface area contributed by atoms with Crippen LogP contribution < -0.4 is 4.74 Å². The summed E-state index contributed by atoms with van der Waals surface area (Å²) in [4.78, 5) is 14.0. The van der Waals surface area contributed by atoms with Crippen LogP contribution >= 0.6 is 0 Å². The predicted molar refractivity (Wildman–Crippen MR) is 117 cm³/mol. The third-order valence-electron chi connectivity index (χ3n) is 4.62. The van der Waals surface area contributed by atoms with E-state index in [4.69, 9.17) is 10.00 Å². The van der Waals surface area contributed by atoms with Crippen LogP contribution in [0.5, 0.6) is 5.75 Å². The van der Waals surface area contributed by atoms with Crippen LogP contribution in [0.15, 0.2) is 66.7 Å². The molecule has 6 heteroatoms. The molecule has 2 aromatic carbocycles. The number of nitrogens with zero attached hydrogens (tertiary/aromatic N) is 3. The molecular weight excluding hydrogens is 376 g/mol. The molecule has 6 nitrogen and oxygen atoms in total. The maximum absolute atomic E-state index is 12.3. The molecule has 152 valence electrons. The van der Waals surface area contributed by atoms with Crippen LogP contribution in [0.4, 0.5) is 0 Å². The van der Waals surface area contributed by atoms with E-state index in [1.165, 1.54) is 0 Å². The van der Waals surface area contributed by atoms with Crippen molar-refractivity contribution in [1.82, 2.24) is 15.1 Å². The van der Waals surface area contributed by atoms with Gasteiger partial charge in [0.25, 0.3) is 0 Å². The van der Waals surface area contributed by atoms with Crippen LogP contribution in [0.2, 0.25) is 0 Å². The van der Waals surface area contributed by atoms with E-state index in [1.807, 2.05) is 48.5 Å². The zero-order chi connectivity index (χ0) is 21.2. The average molecular weight is 400 g/mol. The first-order valence-electron chi connectivity index (χ1n) is 9.78. The molecule has 3 aromatic rings. The van der Waals surface area contributed by atoms with Crippen LogP contribution in [-0.4, -0.2) is 41.2 Å². The van der Waals surface area contributed by atoms with E-state index in [2.05, 4.69) is 16.3 Å². The van der Waals surface area contributed by atoms with Gasteiger partial charge in [-0.1, -0.05) is 42.5 Å². The van der Waals surface area contributed by atoms with Gasteiger partial charge in [-0.15, -0.1) is 0 Å². The van der Waals surface area contributed by atoms with Gasteiger partial charge in [-0.3, -0.25) is 9.89 Å². The molecule has 0 aliphatic rings. The lowest BCUT2D eigenvalue weighted by Gasteiger charge is -2.14. The van der Waals surface area contributed by atoms with Crippen LogP contribution in [0.1, 0.15) is 17.7 Å². The molecule has 0 aliphatic heterocycles. The number of nitrogens with one attached hydrogen (secondary N) is 1. The monoisotopic (exact) mass is 400 g/mol. The van der Waals surface area contributed by atoms with E-state index in [0.717, 1.165) is 35.4 Å². The van der Waals surface area contributed by atoms with E-state index in [-0.39, 0.29) is 12.5 Å². The van der Waals surface area contributed by atoms with Crippen LogP contribution in [0.25, 0.3) is 17.3 Å². The molecule has 0 fully saturated rings. The Labute approximate surface area is 176 Å². The van der Waals surface area contributed by atoms with Crippen molar-refractivity contribution in [1.29, 1.82) is 5.26 Å². The predicted octanol–water partition coefficient (Wildman–Crippen LogP) is 4.08. The molecule has 1 aromatic heterocycles. The highest BCUT2D eigenvalue weighted by molar-refractivity contribution is 5.91. The van der Waals surface area contributed by atoms with E-state index in [9.17, 15) is 4.79 Å². The molecule has 0 spiro atoms. The lowest BCUT2D eigenvalue weighted by atomic mass is 10.1. The van der Waals surface area contributed by atoms with Crippen LogP contribution in [-0.2, 0) is 11.2 Å². The quantitative estimate of drug-likeness (QED) is 0.549. The number of aromatic nitrogens is 2. The second kappa shape index (κ2) is 10.6. The van der Waals surface area contributed by atoms with Gasteiger partial charge in [0.15, 0.2) is 6.61 Å². The summed E-state index contributed by atoms with van der Waals surface area (Å²) in [5, 5.41) is 16.0. The summed E-state index contributed by atoms with van der Waals surface area (Å²) in [6, 6.07) is 21.3. The molecule has 0 radical (unpaired) electrons. The fraction of sp³-hybridized carbons (Fsp3) is 0.208. The summed E-state index contributed by atoms with van der Waals surface area (Å²) in [7, 11) is 1.80. The lowest BCUT2D eigenvalue weighted by Crippen LogP contribution is -2.26. The van der Waals surface area contributed by atoms with Gasteiger partial charge in [-0.2, -0.15) is 10.4 Å². The van der Waals surface area contributed by atoms with Crippen LogP contribution in [0, 0.1) is 11.3 Å². The molecular formula is C24H24N4O2. The summed E-state index contributed by atoms with van der Waals surface area (Å²) in [5.41, 5.74) is 3.97. The number of nitriles is 1.